The first-order chi connectivity index (χ1) is 8.93. The van der Waals surface area contributed by atoms with Gasteiger partial charge in [-0.2, -0.15) is 0 Å². The molecular weight excluding hydrogens is 321 g/mol. The van der Waals surface area contributed by atoms with E-state index in [1.165, 1.54) is 19.2 Å². The van der Waals surface area contributed by atoms with Gasteiger partial charge in [-0.15, -0.1) is 0 Å². The fourth-order valence-electron chi connectivity index (χ4n) is 1.42. The maximum absolute atomic E-state index is 13.2. The molecule has 0 fully saturated rings. The van der Waals surface area contributed by atoms with Crippen LogP contribution in [0.3, 0.4) is 0 Å². The molecule has 7 heteroatoms. The molecule has 0 spiro atoms. The number of amides is 1. The molecule has 19 heavy (non-hydrogen) atoms. The van der Waals surface area contributed by atoms with E-state index < -0.39 is 23.7 Å². The summed E-state index contributed by atoms with van der Waals surface area (Å²) in [7, 11) is 1.34. The molecule has 0 saturated heterocycles. The van der Waals surface area contributed by atoms with Gasteiger partial charge in [-0.05, 0) is 33.6 Å². The van der Waals surface area contributed by atoms with Crippen molar-refractivity contribution in [1.82, 2.24) is 5.32 Å². The number of carboxylic acids is 1. The number of carbonyl (C=O) groups is 2. The van der Waals surface area contributed by atoms with E-state index in [-0.39, 0.29) is 13.0 Å². The Labute approximate surface area is 117 Å². The van der Waals surface area contributed by atoms with Crippen LogP contribution in [0.25, 0.3) is 0 Å². The second-order valence-electron chi connectivity index (χ2n) is 3.84. The number of halogens is 2. The molecule has 0 bridgehead atoms. The van der Waals surface area contributed by atoms with Crippen LogP contribution in [0, 0.1) is 5.82 Å². The number of carboxylic acid groups (broad SMARTS) is 1. The number of nitrogens with one attached hydrogen (secondary N) is 1. The first-order valence-corrected chi connectivity index (χ1v) is 6.18. The summed E-state index contributed by atoms with van der Waals surface area (Å²) in [5.74, 6) is -2.17. The third-order valence-electron chi connectivity index (χ3n) is 2.32. The van der Waals surface area contributed by atoms with Gasteiger partial charge >= 0.3 is 5.97 Å². The van der Waals surface area contributed by atoms with E-state index >= 15 is 0 Å². The van der Waals surface area contributed by atoms with Gasteiger partial charge in [0.05, 0.1) is 17.5 Å². The van der Waals surface area contributed by atoms with Crippen molar-refractivity contribution in [3.8, 4) is 0 Å². The van der Waals surface area contributed by atoms with Crippen LogP contribution >= 0.6 is 15.9 Å². The van der Waals surface area contributed by atoms with Crippen LogP contribution in [0.5, 0.6) is 0 Å². The number of aliphatic carboxylic acids is 1. The van der Waals surface area contributed by atoms with Gasteiger partial charge in [0.25, 0.3) is 0 Å². The van der Waals surface area contributed by atoms with Crippen molar-refractivity contribution in [2.75, 3.05) is 13.7 Å². The summed E-state index contributed by atoms with van der Waals surface area (Å²) in [5, 5.41) is 11.1. The minimum atomic E-state index is -1.18. The van der Waals surface area contributed by atoms with E-state index in [9.17, 15) is 14.0 Å². The molecule has 0 saturated carbocycles. The summed E-state index contributed by atoms with van der Waals surface area (Å²) in [5.41, 5.74) is 0.458. The Morgan fingerprint density at radius 1 is 1.53 bits per heavy atom. The van der Waals surface area contributed by atoms with E-state index in [1.807, 2.05) is 0 Å². The van der Waals surface area contributed by atoms with Gasteiger partial charge in [-0.1, -0.05) is 6.07 Å². The van der Waals surface area contributed by atoms with Gasteiger partial charge in [-0.3, -0.25) is 4.79 Å². The molecule has 0 aliphatic carbocycles. The highest BCUT2D eigenvalue weighted by Gasteiger charge is 2.19. The number of benzene rings is 1. The van der Waals surface area contributed by atoms with Crippen LogP contribution in [-0.4, -0.2) is 36.7 Å². The number of hydrogen-bond acceptors (Lipinski definition) is 3. The molecule has 2 N–H and O–H groups in total. The molecule has 0 aromatic heterocycles. The quantitative estimate of drug-likeness (QED) is 0.823. The molecule has 0 aliphatic rings. The van der Waals surface area contributed by atoms with Crippen molar-refractivity contribution >= 4 is 27.8 Å². The zero-order valence-electron chi connectivity index (χ0n) is 10.2. The highest BCUT2D eigenvalue weighted by molar-refractivity contribution is 9.10. The Balaban J connectivity index is 2.63. The molecule has 1 unspecified atom stereocenters. The molecule has 0 radical (unpaired) electrons. The van der Waals surface area contributed by atoms with Gasteiger partial charge in [-0.25, -0.2) is 9.18 Å². The molecule has 5 nitrogen and oxygen atoms in total. The number of hydrogen-bond donors (Lipinski definition) is 2. The molecule has 1 aromatic carbocycles. The number of carbonyl (C=O) groups excluding carboxylic acids is 1. The number of ether oxygens (including phenoxy) is 1. The third kappa shape index (κ3) is 4.96. The van der Waals surface area contributed by atoms with Crippen LogP contribution in [0.4, 0.5) is 4.39 Å². The van der Waals surface area contributed by atoms with Crippen LogP contribution < -0.4 is 5.32 Å². The van der Waals surface area contributed by atoms with E-state index in [1.54, 1.807) is 6.07 Å². The fourth-order valence-corrected chi connectivity index (χ4v) is 1.67. The zero-order chi connectivity index (χ0) is 14.4. The van der Waals surface area contributed by atoms with Gasteiger partial charge in [0.15, 0.2) is 6.04 Å². The molecule has 1 amide bonds. The minimum absolute atomic E-state index is 0.0995. The van der Waals surface area contributed by atoms with Crippen molar-refractivity contribution in [3.05, 3.63) is 34.1 Å². The van der Waals surface area contributed by atoms with Crippen molar-refractivity contribution in [1.29, 1.82) is 0 Å². The summed E-state index contributed by atoms with van der Waals surface area (Å²) in [6, 6.07) is 3.17. The normalized spacial score (nSPS) is 11.9. The molecule has 1 aromatic rings. The number of methoxy groups -OCH3 is 1. The summed E-state index contributed by atoms with van der Waals surface area (Å²) in [4.78, 5) is 22.4. The van der Waals surface area contributed by atoms with Gasteiger partial charge < -0.3 is 15.2 Å². The van der Waals surface area contributed by atoms with E-state index in [4.69, 9.17) is 5.11 Å². The predicted molar refractivity (Wildman–Crippen MR) is 69.2 cm³/mol. The van der Waals surface area contributed by atoms with Crippen LogP contribution in [-0.2, 0) is 20.7 Å². The fraction of sp³-hybridized carbons (Fsp3) is 0.333. The third-order valence-corrected chi connectivity index (χ3v) is 2.96. The Bertz CT molecular complexity index is 481. The summed E-state index contributed by atoms with van der Waals surface area (Å²) in [6.07, 6.45) is -0.0995. The average Bonchev–Trinajstić information content (AvgIpc) is 2.33. The average molecular weight is 334 g/mol. The summed E-state index contributed by atoms with van der Waals surface area (Å²) in [6.45, 7) is -0.129. The van der Waals surface area contributed by atoms with Crippen LogP contribution in [0.2, 0.25) is 0 Å². The standard InChI is InChI=1S/C12H13BrFNO4/c1-19-6-10(12(17)18)15-11(16)5-7-2-3-8(13)9(14)4-7/h2-4,10H,5-6H2,1H3,(H,15,16)(H,17,18). The van der Waals surface area contributed by atoms with Gasteiger partial charge in [0, 0.05) is 7.11 Å². The lowest BCUT2D eigenvalue weighted by atomic mass is 10.1. The van der Waals surface area contributed by atoms with E-state index in [2.05, 4.69) is 26.0 Å². The maximum atomic E-state index is 13.2. The van der Waals surface area contributed by atoms with Crippen molar-refractivity contribution < 1.29 is 23.8 Å². The summed E-state index contributed by atoms with van der Waals surface area (Å²) >= 11 is 3.01. The monoisotopic (exact) mass is 333 g/mol. The highest BCUT2D eigenvalue weighted by atomic mass is 79.9. The molecule has 1 atom stereocenters. The smallest absolute Gasteiger partial charge is 0.328 e. The number of rotatable bonds is 6. The molecular formula is C12H13BrFNO4. The lowest BCUT2D eigenvalue weighted by molar-refractivity contribution is -0.143. The zero-order valence-corrected chi connectivity index (χ0v) is 11.7. The predicted octanol–water partition coefficient (Wildman–Crippen LogP) is 1.35. The van der Waals surface area contributed by atoms with E-state index in [0.29, 0.717) is 10.0 Å². The minimum Gasteiger partial charge on any atom is -0.480 e. The van der Waals surface area contributed by atoms with E-state index in [0.717, 1.165) is 0 Å². The first kappa shape index (κ1) is 15.6. The van der Waals surface area contributed by atoms with Gasteiger partial charge in [0.2, 0.25) is 5.91 Å². The Kier molecular flexibility index (Phi) is 5.91. The van der Waals surface area contributed by atoms with Crippen molar-refractivity contribution in [2.24, 2.45) is 0 Å². The van der Waals surface area contributed by atoms with Crippen molar-refractivity contribution in [3.63, 3.8) is 0 Å². The molecule has 1 rings (SSSR count). The Morgan fingerprint density at radius 3 is 2.74 bits per heavy atom. The Hall–Kier alpha value is -1.47. The summed E-state index contributed by atoms with van der Waals surface area (Å²) < 4.78 is 18.2. The van der Waals surface area contributed by atoms with Crippen LogP contribution in [0.15, 0.2) is 22.7 Å². The second kappa shape index (κ2) is 7.20. The molecule has 104 valence electrons. The topological polar surface area (TPSA) is 75.6 Å². The SMILES string of the molecule is COCC(NC(=O)Cc1ccc(Br)c(F)c1)C(=O)O. The largest absolute Gasteiger partial charge is 0.480 e. The second-order valence-corrected chi connectivity index (χ2v) is 4.69. The molecule has 0 aliphatic heterocycles. The first-order valence-electron chi connectivity index (χ1n) is 5.39. The Morgan fingerprint density at radius 2 is 2.21 bits per heavy atom. The maximum Gasteiger partial charge on any atom is 0.328 e. The van der Waals surface area contributed by atoms with Crippen LogP contribution in [0.1, 0.15) is 5.56 Å². The van der Waals surface area contributed by atoms with Gasteiger partial charge in [0.1, 0.15) is 5.82 Å². The lowest BCUT2D eigenvalue weighted by Gasteiger charge is -2.13. The molecule has 0 heterocycles. The lowest BCUT2D eigenvalue weighted by Crippen LogP contribution is -2.44. The highest BCUT2D eigenvalue weighted by Crippen LogP contribution is 2.16. The van der Waals surface area contributed by atoms with Crippen molar-refractivity contribution in [2.45, 2.75) is 12.5 Å².